The third kappa shape index (κ3) is 1.03. The minimum atomic E-state index is -0.548. The maximum absolute atomic E-state index is 10.7. The molecule has 11 heavy (non-hydrogen) atoms. The number of aliphatic hydroxyl groups is 1. The van der Waals surface area contributed by atoms with E-state index in [0.717, 1.165) is 12.8 Å². The van der Waals surface area contributed by atoms with Gasteiger partial charge in [-0.2, -0.15) is 0 Å². The average molecular weight is 154 g/mol. The Kier molecular flexibility index (Phi) is 1.27. The molecule has 1 heterocycles. The molecule has 1 N–H and O–H groups in total. The predicted molar refractivity (Wildman–Crippen MR) is 39.6 cm³/mol. The maximum atomic E-state index is 10.7. The second-order valence-electron chi connectivity index (χ2n) is 3.63. The Labute approximate surface area is 66.0 Å². The van der Waals surface area contributed by atoms with E-state index >= 15 is 0 Å². The van der Waals surface area contributed by atoms with E-state index in [1.54, 1.807) is 4.90 Å². The summed E-state index contributed by atoms with van der Waals surface area (Å²) in [7, 11) is 0. The lowest BCUT2D eigenvalue weighted by molar-refractivity contribution is -0.154. The number of carbonyl (C=O) groups is 1. The molecule has 1 amide bonds. The van der Waals surface area contributed by atoms with E-state index in [4.69, 9.17) is 0 Å². The number of β-amino-alcohol motifs (C(OH)–C–C–N with tert-alkyl or cyclic N) is 1. The van der Waals surface area contributed by atoms with Crippen LogP contribution in [0.25, 0.3) is 0 Å². The molecular formula is C8H12NO2. The van der Waals surface area contributed by atoms with E-state index < -0.39 is 5.60 Å². The van der Waals surface area contributed by atoms with E-state index in [9.17, 15) is 9.90 Å². The van der Waals surface area contributed by atoms with Crippen molar-refractivity contribution in [1.82, 2.24) is 4.90 Å². The van der Waals surface area contributed by atoms with Crippen molar-refractivity contribution in [3.63, 3.8) is 0 Å². The van der Waals surface area contributed by atoms with Gasteiger partial charge in [0.25, 0.3) is 0 Å². The Morgan fingerprint density at radius 1 is 1.55 bits per heavy atom. The molecule has 1 saturated heterocycles. The molecule has 1 radical (unpaired) electrons. The summed E-state index contributed by atoms with van der Waals surface area (Å²) in [5, 5.41) is 9.75. The van der Waals surface area contributed by atoms with Gasteiger partial charge in [0, 0.05) is 6.92 Å². The fourth-order valence-electron chi connectivity index (χ4n) is 1.67. The van der Waals surface area contributed by atoms with Crippen LogP contribution in [-0.4, -0.2) is 34.6 Å². The quantitative estimate of drug-likeness (QED) is 0.568. The summed E-state index contributed by atoms with van der Waals surface area (Å²) in [6, 6.07) is 0. The zero-order valence-corrected chi connectivity index (χ0v) is 6.42. The van der Waals surface area contributed by atoms with Gasteiger partial charge in [0.05, 0.1) is 13.1 Å². The third-order valence-electron chi connectivity index (χ3n) is 2.62. The largest absolute Gasteiger partial charge is 0.386 e. The van der Waals surface area contributed by atoms with Crippen LogP contribution in [0.4, 0.5) is 0 Å². The summed E-state index contributed by atoms with van der Waals surface area (Å²) in [4.78, 5) is 12.2. The van der Waals surface area contributed by atoms with Crippen LogP contribution in [0.15, 0.2) is 0 Å². The van der Waals surface area contributed by atoms with Crippen molar-refractivity contribution in [3.05, 3.63) is 6.92 Å². The Morgan fingerprint density at radius 2 is 2.09 bits per heavy atom. The molecule has 0 bridgehead atoms. The maximum Gasteiger partial charge on any atom is 0.223 e. The molecule has 0 atom stereocenters. The van der Waals surface area contributed by atoms with Crippen molar-refractivity contribution in [2.45, 2.75) is 18.4 Å². The van der Waals surface area contributed by atoms with Crippen molar-refractivity contribution in [1.29, 1.82) is 0 Å². The monoisotopic (exact) mass is 154 g/mol. The van der Waals surface area contributed by atoms with Crippen LogP contribution in [0.2, 0.25) is 0 Å². The molecule has 2 fully saturated rings. The number of likely N-dealkylation sites (tertiary alicyclic amines) is 1. The summed E-state index contributed by atoms with van der Waals surface area (Å²) < 4.78 is 0. The molecule has 1 aliphatic carbocycles. The number of hydrogen-bond donors (Lipinski definition) is 1. The fourth-order valence-corrected chi connectivity index (χ4v) is 1.67. The normalized spacial score (nSPS) is 28.0. The van der Waals surface area contributed by atoms with Crippen LogP contribution >= 0.6 is 0 Å². The Morgan fingerprint density at radius 3 is 2.45 bits per heavy atom. The summed E-state index contributed by atoms with van der Waals surface area (Å²) in [5.74, 6) is 0.286. The van der Waals surface area contributed by atoms with Gasteiger partial charge in [0.1, 0.15) is 5.60 Å². The molecule has 0 spiro atoms. The zero-order chi connectivity index (χ0) is 8.06. The summed E-state index contributed by atoms with van der Waals surface area (Å²) in [6.45, 7) is 4.28. The minimum absolute atomic E-state index is 0.171. The highest BCUT2D eigenvalue weighted by atomic mass is 16.3. The molecule has 3 heteroatoms. The van der Waals surface area contributed by atoms with E-state index in [-0.39, 0.29) is 5.91 Å². The number of nitrogens with zero attached hydrogens (tertiary/aromatic N) is 1. The first-order chi connectivity index (χ1) is 5.12. The highest BCUT2D eigenvalue weighted by molar-refractivity contribution is 5.81. The highest BCUT2D eigenvalue weighted by Crippen LogP contribution is 2.44. The van der Waals surface area contributed by atoms with E-state index in [1.165, 1.54) is 0 Å². The second kappa shape index (κ2) is 1.97. The lowest BCUT2D eigenvalue weighted by Gasteiger charge is -2.46. The van der Waals surface area contributed by atoms with Gasteiger partial charge < -0.3 is 10.0 Å². The van der Waals surface area contributed by atoms with E-state index in [2.05, 4.69) is 6.92 Å². The fraction of sp³-hybridized carbons (Fsp3) is 0.750. The van der Waals surface area contributed by atoms with Crippen molar-refractivity contribution >= 4 is 5.91 Å². The molecule has 0 aromatic carbocycles. The van der Waals surface area contributed by atoms with Gasteiger partial charge in [0.15, 0.2) is 0 Å². The Bertz CT molecular complexity index is 192. The van der Waals surface area contributed by atoms with Gasteiger partial charge in [-0.15, -0.1) is 0 Å². The number of hydrogen-bond acceptors (Lipinski definition) is 2. The smallest absolute Gasteiger partial charge is 0.223 e. The van der Waals surface area contributed by atoms with Gasteiger partial charge in [0.2, 0.25) is 5.91 Å². The summed E-state index contributed by atoms with van der Waals surface area (Å²) in [6.07, 6.45) is 2.24. The van der Waals surface area contributed by atoms with Crippen LogP contribution in [0.1, 0.15) is 12.8 Å². The van der Waals surface area contributed by atoms with Crippen LogP contribution < -0.4 is 0 Å². The van der Waals surface area contributed by atoms with Gasteiger partial charge in [-0.25, -0.2) is 0 Å². The first kappa shape index (κ1) is 7.10. The van der Waals surface area contributed by atoms with Gasteiger partial charge >= 0.3 is 0 Å². The van der Waals surface area contributed by atoms with E-state index in [1.807, 2.05) is 0 Å². The molecule has 61 valence electrons. The van der Waals surface area contributed by atoms with Crippen LogP contribution in [0, 0.1) is 12.8 Å². The standard InChI is InChI=1S/C8H12NO2/c1-6(10)9-4-8(11,5-9)7-2-3-7/h7,11H,1-5H2. The Hall–Kier alpha value is -0.570. The van der Waals surface area contributed by atoms with Gasteiger partial charge in [-0.1, -0.05) is 0 Å². The average Bonchev–Trinajstić information content (AvgIpc) is 2.60. The number of rotatable bonds is 1. The molecule has 0 aromatic heterocycles. The SMILES string of the molecule is [CH2]C(=O)N1CC(O)(C2CC2)C1. The van der Waals surface area contributed by atoms with Crippen molar-refractivity contribution in [2.75, 3.05) is 13.1 Å². The first-order valence-corrected chi connectivity index (χ1v) is 3.95. The lowest BCUT2D eigenvalue weighted by atomic mass is 9.89. The molecule has 1 aliphatic heterocycles. The second-order valence-corrected chi connectivity index (χ2v) is 3.63. The summed E-state index contributed by atoms with van der Waals surface area (Å²) >= 11 is 0. The molecule has 3 nitrogen and oxygen atoms in total. The molecule has 2 rings (SSSR count). The molecule has 2 aliphatic rings. The molecule has 0 unspecified atom stereocenters. The topological polar surface area (TPSA) is 40.5 Å². The van der Waals surface area contributed by atoms with Crippen LogP contribution in [0.3, 0.4) is 0 Å². The van der Waals surface area contributed by atoms with Crippen LogP contribution in [0.5, 0.6) is 0 Å². The molecular weight excluding hydrogens is 142 g/mol. The minimum Gasteiger partial charge on any atom is -0.386 e. The third-order valence-corrected chi connectivity index (χ3v) is 2.62. The highest BCUT2D eigenvalue weighted by Gasteiger charge is 2.52. The van der Waals surface area contributed by atoms with Crippen molar-refractivity contribution in [2.24, 2.45) is 5.92 Å². The first-order valence-electron chi connectivity index (χ1n) is 3.95. The number of carbonyl (C=O) groups excluding carboxylic acids is 1. The zero-order valence-electron chi connectivity index (χ0n) is 6.42. The molecule has 0 aromatic rings. The summed E-state index contributed by atoms with van der Waals surface area (Å²) in [5.41, 5.74) is -0.548. The predicted octanol–water partition coefficient (Wildman–Crippen LogP) is -0.196. The van der Waals surface area contributed by atoms with Crippen molar-refractivity contribution in [3.8, 4) is 0 Å². The Balaban J connectivity index is 1.90. The molecule has 1 saturated carbocycles. The lowest BCUT2D eigenvalue weighted by Crippen LogP contribution is -2.64. The number of amides is 1. The van der Waals surface area contributed by atoms with Gasteiger partial charge in [-0.05, 0) is 18.8 Å². The van der Waals surface area contributed by atoms with E-state index in [0.29, 0.717) is 19.0 Å². The van der Waals surface area contributed by atoms with Gasteiger partial charge in [-0.3, -0.25) is 4.79 Å². The van der Waals surface area contributed by atoms with Crippen molar-refractivity contribution < 1.29 is 9.90 Å². The van der Waals surface area contributed by atoms with Crippen LogP contribution in [-0.2, 0) is 4.79 Å².